The van der Waals surface area contributed by atoms with Crippen molar-refractivity contribution in [1.82, 2.24) is 19.1 Å². The van der Waals surface area contributed by atoms with E-state index >= 15 is 0 Å². The SMILES string of the molecule is O=c1[nH]c(=O)c2c([nH]1)n(CO)c(=O)n2CO. The minimum absolute atomic E-state index is 0.129. The van der Waals surface area contributed by atoms with Crippen LogP contribution in [0.5, 0.6) is 0 Å². The molecule has 0 fully saturated rings. The number of H-pyrrole nitrogens is 2. The van der Waals surface area contributed by atoms with E-state index in [0.29, 0.717) is 0 Å². The standard InChI is InChI=1S/C7H8N4O5/c12-1-10-3-4(11(2-13)7(10)16)8-6(15)9-5(3)14/h12-13H,1-2H2,(H2,8,9,14,15). The van der Waals surface area contributed by atoms with Gasteiger partial charge in [-0.15, -0.1) is 0 Å². The van der Waals surface area contributed by atoms with E-state index in [1.165, 1.54) is 0 Å². The van der Waals surface area contributed by atoms with Crippen LogP contribution in [0.2, 0.25) is 0 Å². The summed E-state index contributed by atoms with van der Waals surface area (Å²) in [5, 5.41) is 17.9. The second-order valence-electron chi connectivity index (χ2n) is 3.03. The number of aromatic amines is 2. The van der Waals surface area contributed by atoms with Crippen molar-refractivity contribution in [3.05, 3.63) is 31.3 Å². The minimum atomic E-state index is -0.808. The van der Waals surface area contributed by atoms with Crippen LogP contribution in [-0.4, -0.2) is 29.3 Å². The number of nitrogens with one attached hydrogen (secondary N) is 2. The van der Waals surface area contributed by atoms with Crippen molar-refractivity contribution in [1.29, 1.82) is 0 Å². The van der Waals surface area contributed by atoms with Crippen LogP contribution in [0.15, 0.2) is 14.4 Å². The molecule has 0 saturated carbocycles. The van der Waals surface area contributed by atoms with E-state index < -0.39 is 30.4 Å². The molecule has 0 spiro atoms. The van der Waals surface area contributed by atoms with Gasteiger partial charge in [-0.05, 0) is 0 Å². The van der Waals surface area contributed by atoms with Crippen LogP contribution in [0, 0.1) is 0 Å². The van der Waals surface area contributed by atoms with E-state index in [0.717, 1.165) is 9.13 Å². The molecule has 0 atom stereocenters. The zero-order chi connectivity index (χ0) is 11.9. The summed E-state index contributed by atoms with van der Waals surface area (Å²) >= 11 is 0. The molecule has 0 aliphatic rings. The molecule has 2 rings (SSSR count). The Morgan fingerprint density at radius 1 is 1.00 bits per heavy atom. The summed E-state index contributed by atoms with van der Waals surface area (Å²) in [5.74, 6) is 0. The lowest BCUT2D eigenvalue weighted by molar-refractivity contribution is 0.191. The van der Waals surface area contributed by atoms with Crippen molar-refractivity contribution in [3.63, 3.8) is 0 Å². The highest BCUT2D eigenvalue weighted by Crippen LogP contribution is 2.01. The summed E-state index contributed by atoms with van der Waals surface area (Å²) in [6, 6.07) is 0. The van der Waals surface area contributed by atoms with Crippen molar-refractivity contribution in [3.8, 4) is 0 Å². The summed E-state index contributed by atoms with van der Waals surface area (Å²) in [4.78, 5) is 38.1. The molecule has 9 heteroatoms. The van der Waals surface area contributed by atoms with Gasteiger partial charge in [-0.1, -0.05) is 0 Å². The van der Waals surface area contributed by atoms with Gasteiger partial charge in [0, 0.05) is 0 Å². The summed E-state index contributed by atoms with van der Waals surface area (Å²) < 4.78 is 1.50. The summed E-state index contributed by atoms with van der Waals surface area (Å²) in [5.41, 5.74) is -2.71. The van der Waals surface area contributed by atoms with Gasteiger partial charge >= 0.3 is 11.4 Å². The second kappa shape index (κ2) is 3.47. The maximum Gasteiger partial charge on any atom is 0.334 e. The molecule has 0 aliphatic carbocycles. The Bertz CT molecular complexity index is 702. The maximum absolute atomic E-state index is 11.5. The Morgan fingerprint density at radius 2 is 1.62 bits per heavy atom. The van der Waals surface area contributed by atoms with E-state index in [1.54, 1.807) is 0 Å². The molecule has 4 N–H and O–H groups in total. The number of aliphatic hydroxyl groups is 2. The normalized spacial score (nSPS) is 11.1. The number of hydrogen-bond acceptors (Lipinski definition) is 5. The zero-order valence-corrected chi connectivity index (χ0v) is 7.93. The lowest BCUT2D eigenvalue weighted by Crippen LogP contribution is -2.25. The lowest BCUT2D eigenvalue weighted by Gasteiger charge is -1.94. The van der Waals surface area contributed by atoms with Gasteiger partial charge in [0.15, 0.2) is 11.2 Å². The Kier molecular flexibility index (Phi) is 2.25. The van der Waals surface area contributed by atoms with E-state index in [4.69, 9.17) is 10.2 Å². The number of nitrogens with zero attached hydrogens (tertiary/aromatic N) is 2. The Balaban J connectivity index is 3.13. The first-order valence-electron chi connectivity index (χ1n) is 4.27. The van der Waals surface area contributed by atoms with Crippen LogP contribution < -0.4 is 16.9 Å². The predicted molar refractivity (Wildman–Crippen MR) is 51.9 cm³/mol. The Morgan fingerprint density at radius 3 is 2.19 bits per heavy atom. The topological polar surface area (TPSA) is 133 Å². The van der Waals surface area contributed by atoms with E-state index in [2.05, 4.69) is 4.98 Å². The van der Waals surface area contributed by atoms with Gasteiger partial charge in [0.1, 0.15) is 13.5 Å². The van der Waals surface area contributed by atoms with Crippen LogP contribution in [0.25, 0.3) is 11.2 Å². The van der Waals surface area contributed by atoms with Crippen molar-refractivity contribution >= 4 is 11.2 Å². The maximum atomic E-state index is 11.5. The van der Waals surface area contributed by atoms with Crippen LogP contribution in [0.4, 0.5) is 0 Å². The molecule has 0 amide bonds. The molecule has 0 radical (unpaired) electrons. The third-order valence-corrected chi connectivity index (χ3v) is 2.18. The molecular weight excluding hydrogens is 220 g/mol. The Labute approximate surface area is 86.2 Å². The number of rotatable bonds is 2. The average molecular weight is 228 g/mol. The van der Waals surface area contributed by atoms with E-state index in [-0.39, 0.29) is 11.2 Å². The minimum Gasteiger partial charge on any atom is -0.376 e. The molecule has 86 valence electrons. The van der Waals surface area contributed by atoms with Crippen LogP contribution in [-0.2, 0) is 13.5 Å². The van der Waals surface area contributed by atoms with Gasteiger partial charge in [0.05, 0.1) is 0 Å². The van der Waals surface area contributed by atoms with E-state index in [9.17, 15) is 14.4 Å². The van der Waals surface area contributed by atoms with Gasteiger partial charge in [-0.25, -0.2) is 9.59 Å². The molecule has 2 aromatic rings. The molecule has 9 nitrogen and oxygen atoms in total. The second-order valence-corrected chi connectivity index (χ2v) is 3.03. The quantitative estimate of drug-likeness (QED) is 0.437. The highest BCUT2D eigenvalue weighted by Gasteiger charge is 2.15. The molecule has 0 bridgehead atoms. The summed E-state index contributed by atoms with van der Waals surface area (Å²) in [6.45, 7) is -1.43. The van der Waals surface area contributed by atoms with Crippen molar-refractivity contribution in [2.75, 3.05) is 0 Å². The first-order chi connectivity index (χ1) is 7.60. The molecular formula is C7H8N4O5. The van der Waals surface area contributed by atoms with Gasteiger partial charge in [-0.3, -0.25) is 23.9 Å². The van der Waals surface area contributed by atoms with Gasteiger partial charge in [0.25, 0.3) is 5.56 Å². The van der Waals surface area contributed by atoms with Crippen molar-refractivity contribution in [2.45, 2.75) is 13.5 Å². The largest absolute Gasteiger partial charge is 0.376 e. The van der Waals surface area contributed by atoms with Crippen molar-refractivity contribution < 1.29 is 10.2 Å². The molecule has 0 aromatic carbocycles. The molecule has 2 heterocycles. The molecule has 0 saturated heterocycles. The first kappa shape index (κ1) is 10.4. The van der Waals surface area contributed by atoms with Crippen molar-refractivity contribution in [2.24, 2.45) is 0 Å². The highest BCUT2D eigenvalue weighted by molar-refractivity contribution is 5.69. The number of fused-ring (bicyclic) bond motifs is 1. The molecule has 0 aliphatic heterocycles. The lowest BCUT2D eigenvalue weighted by atomic mass is 10.5. The smallest absolute Gasteiger partial charge is 0.334 e. The van der Waals surface area contributed by atoms with E-state index in [1.807, 2.05) is 4.98 Å². The molecule has 16 heavy (non-hydrogen) atoms. The fourth-order valence-corrected chi connectivity index (χ4v) is 1.51. The fourth-order valence-electron chi connectivity index (χ4n) is 1.51. The Hall–Kier alpha value is -2.13. The van der Waals surface area contributed by atoms with Crippen LogP contribution in [0.3, 0.4) is 0 Å². The number of aromatic nitrogens is 4. The monoisotopic (exact) mass is 228 g/mol. The number of aliphatic hydroxyl groups excluding tert-OH is 2. The van der Waals surface area contributed by atoms with Crippen LogP contribution >= 0.6 is 0 Å². The summed E-state index contributed by atoms with van der Waals surface area (Å²) in [6.07, 6.45) is 0. The van der Waals surface area contributed by atoms with Crippen LogP contribution in [0.1, 0.15) is 0 Å². The summed E-state index contributed by atoms with van der Waals surface area (Å²) in [7, 11) is 0. The highest BCUT2D eigenvalue weighted by atomic mass is 16.3. The average Bonchev–Trinajstić information content (AvgIpc) is 2.49. The van der Waals surface area contributed by atoms with Gasteiger partial charge < -0.3 is 10.2 Å². The molecule has 0 unspecified atom stereocenters. The van der Waals surface area contributed by atoms with Gasteiger partial charge in [0.2, 0.25) is 0 Å². The third-order valence-electron chi connectivity index (χ3n) is 2.18. The number of imidazole rings is 1. The third kappa shape index (κ3) is 1.22. The molecule has 2 aromatic heterocycles. The first-order valence-corrected chi connectivity index (χ1v) is 4.27. The zero-order valence-electron chi connectivity index (χ0n) is 7.93. The fraction of sp³-hybridized carbons (Fsp3) is 0.286. The van der Waals surface area contributed by atoms with Gasteiger partial charge in [-0.2, -0.15) is 0 Å². The predicted octanol–water partition coefficient (Wildman–Crippen LogP) is -2.92. The number of hydrogen-bond donors (Lipinski definition) is 4.